The summed E-state index contributed by atoms with van der Waals surface area (Å²) in [5.74, 6) is -0.123. The Morgan fingerprint density at radius 1 is 1.33 bits per heavy atom. The smallest absolute Gasteiger partial charge is 0.307 e. The van der Waals surface area contributed by atoms with Crippen LogP contribution >= 0.6 is 11.8 Å². The van der Waals surface area contributed by atoms with Crippen molar-refractivity contribution >= 4 is 23.9 Å². The summed E-state index contributed by atoms with van der Waals surface area (Å²) >= 11 is 1.68. The molecule has 0 fully saturated rings. The lowest BCUT2D eigenvalue weighted by Gasteiger charge is -1.97. The van der Waals surface area contributed by atoms with Gasteiger partial charge in [-0.2, -0.15) is 5.10 Å². The van der Waals surface area contributed by atoms with Gasteiger partial charge in [0.15, 0.2) is 5.76 Å². The molecule has 0 atom stereocenters. The summed E-state index contributed by atoms with van der Waals surface area (Å²) in [6, 6.07) is 11.1. The summed E-state index contributed by atoms with van der Waals surface area (Å²) < 4.78 is 4.94. The Morgan fingerprint density at radius 3 is 2.72 bits per heavy atom. The Hall–Kier alpha value is -2.01. The van der Waals surface area contributed by atoms with Crippen LogP contribution in [0.1, 0.15) is 16.1 Å². The monoisotopic (exact) mass is 260 g/mol. The first kappa shape index (κ1) is 12.4. The number of hydrazone groups is 1. The largest absolute Gasteiger partial charge is 0.459 e. The lowest BCUT2D eigenvalue weighted by atomic mass is 10.2. The third-order valence-electron chi connectivity index (χ3n) is 2.24. The molecule has 1 aromatic carbocycles. The highest BCUT2D eigenvalue weighted by atomic mass is 32.2. The van der Waals surface area contributed by atoms with Crippen LogP contribution in [0, 0.1) is 0 Å². The number of hydrogen-bond acceptors (Lipinski definition) is 4. The van der Waals surface area contributed by atoms with Gasteiger partial charge in [0.05, 0.1) is 12.5 Å². The summed E-state index contributed by atoms with van der Waals surface area (Å²) in [5.41, 5.74) is 3.32. The molecule has 1 amide bonds. The fourth-order valence-corrected chi connectivity index (χ4v) is 1.73. The Kier molecular flexibility index (Phi) is 4.20. The van der Waals surface area contributed by atoms with E-state index in [-0.39, 0.29) is 11.7 Å². The standard InChI is InChI=1S/C13H12N2O2S/c1-18-11-6-4-10(5-7-11)9-14-15-13(16)12-3-2-8-17-12/h2-9H,1H3,(H,15,16). The molecular weight excluding hydrogens is 248 g/mol. The number of thioether (sulfide) groups is 1. The van der Waals surface area contributed by atoms with Gasteiger partial charge in [0.25, 0.3) is 0 Å². The van der Waals surface area contributed by atoms with E-state index in [4.69, 9.17) is 4.42 Å². The number of nitrogens with zero attached hydrogens (tertiary/aromatic N) is 1. The average molecular weight is 260 g/mol. The molecule has 0 aliphatic rings. The van der Waals surface area contributed by atoms with Crippen LogP contribution in [0.3, 0.4) is 0 Å². The van der Waals surface area contributed by atoms with Gasteiger partial charge in [-0.25, -0.2) is 5.43 Å². The van der Waals surface area contributed by atoms with Crippen molar-refractivity contribution in [3.8, 4) is 0 Å². The third-order valence-corrected chi connectivity index (χ3v) is 2.98. The minimum absolute atomic E-state index is 0.241. The van der Waals surface area contributed by atoms with Gasteiger partial charge in [0.2, 0.25) is 0 Å². The zero-order chi connectivity index (χ0) is 12.8. The number of nitrogens with one attached hydrogen (secondary N) is 1. The predicted octanol–water partition coefficient (Wildman–Crippen LogP) is 2.77. The second-order valence-corrected chi connectivity index (χ2v) is 4.33. The maximum Gasteiger partial charge on any atom is 0.307 e. The van der Waals surface area contributed by atoms with Crippen molar-refractivity contribution in [2.75, 3.05) is 6.26 Å². The molecule has 1 aromatic heterocycles. The minimum Gasteiger partial charge on any atom is -0.459 e. The van der Waals surface area contributed by atoms with E-state index in [0.717, 1.165) is 5.56 Å². The molecule has 0 aliphatic carbocycles. The van der Waals surface area contributed by atoms with E-state index in [1.165, 1.54) is 11.2 Å². The van der Waals surface area contributed by atoms with Gasteiger partial charge in [-0.15, -0.1) is 11.8 Å². The first-order valence-electron chi connectivity index (χ1n) is 5.30. The van der Waals surface area contributed by atoms with Crippen LogP contribution in [0.2, 0.25) is 0 Å². The number of amides is 1. The fourth-order valence-electron chi connectivity index (χ4n) is 1.32. The maximum absolute atomic E-state index is 11.5. The zero-order valence-corrected chi connectivity index (χ0v) is 10.6. The van der Waals surface area contributed by atoms with Gasteiger partial charge in [0.1, 0.15) is 0 Å². The molecule has 4 nitrogen and oxygen atoms in total. The first-order chi connectivity index (χ1) is 8.79. The number of benzene rings is 1. The Bertz CT molecular complexity index is 533. The SMILES string of the molecule is CSc1ccc(C=NNC(=O)c2ccco2)cc1. The Balaban J connectivity index is 1.93. The summed E-state index contributed by atoms with van der Waals surface area (Å²) in [4.78, 5) is 12.7. The van der Waals surface area contributed by atoms with Crippen molar-refractivity contribution in [2.45, 2.75) is 4.90 Å². The number of carbonyl (C=O) groups is 1. The topological polar surface area (TPSA) is 54.6 Å². The zero-order valence-electron chi connectivity index (χ0n) is 9.79. The van der Waals surface area contributed by atoms with Gasteiger partial charge < -0.3 is 4.42 Å². The van der Waals surface area contributed by atoms with Crippen LogP contribution in [0.15, 0.2) is 57.1 Å². The number of hydrogen-bond donors (Lipinski definition) is 1. The average Bonchev–Trinajstić information content (AvgIpc) is 2.93. The van der Waals surface area contributed by atoms with E-state index < -0.39 is 0 Å². The highest BCUT2D eigenvalue weighted by Gasteiger charge is 2.05. The van der Waals surface area contributed by atoms with Gasteiger partial charge >= 0.3 is 5.91 Å². The van der Waals surface area contributed by atoms with Crippen LogP contribution in [0.5, 0.6) is 0 Å². The molecule has 1 heterocycles. The molecule has 5 heteroatoms. The molecule has 0 bridgehead atoms. The molecule has 2 rings (SSSR count). The molecule has 1 N–H and O–H groups in total. The lowest BCUT2D eigenvalue weighted by Crippen LogP contribution is -2.16. The van der Waals surface area contributed by atoms with Crippen LogP contribution < -0.4 is 5.43 Å². The summed E-state index contributed by atoms with van der Waals surface area (Å²) in [6.45, 7) is 0. The second-order valence-electron chi connectivity index (χ2n) is 3.45. The quantitative estimate of drug-likeness (QED) is 0.522. The van der Waals surface area contributed by atoms with Crippen molar-refractivity contribution < 1.29 is 9.21 Å². The molecule has 0 unspecified atom stereocenters. The van der Waals surface area contributed by atoms with E-state index in [9.17, 15) is 4.79 Å². The normalized spacial score (nSPS) is 10.7. The van der Waals surface area contributed by atoms with Crippen LogP contribution in [-0.4, -0.2) is 18.4 Å². The molecule has 0 aliphatic heterocycles. The molecule has 0 saturated carbocycles. The molecule has 92 valence electrons. The molecule has 0 saturated heterocycles. The van der Waals surface area contributed by atoms with Crippen molar-refractivity contribution in [3.63, 3.8) is 0 Å². The van der Waals surface area contributed by atoms with E-state index in [1.54, 1.807) is 30.1 Å². The van der Waals surface area contributed by atoms with Gasteiger partial charge in [-0.05, 0) is 36.1 Å². The Morgan fingerprint density at radius 2 is 2.11 bits per heavy atom. The van der Waals surface area contributed by atoms with Crippen molar-refractivity contribution in [2.24, 2.45) is 5.10 Å². The number of carbonyl (C=O) groups excluding carboxylic acids is 1. The predicted molar refractivity (Wildman–Crippen MR) is 72.0 cm³/mol. The summed E-state index contributed by atoms with van der Waals surface area (Å²) in [7, 11) is 0. The van der Waals surface area contributed by atoms with E-state index in [2.05, 4.69) is 10.5 Å². The van der Waals surface area contributed by atoms with Crippen LogP contribution in [0.25, 0.3) is 0 Å². The van der Waals surface area contributed by atoms with Gasteiger partial charge in [0, 0.05) is 4.90 Å². The van der Waals surface area contributed by atoms with E-state index in [1.807, 2.05) is 30.5 Å². The minimum atomic E-state index is -0.364. The molecule has 2 aromatic rings. The molecule has 0 spiro atoms. The van der Waals surface area contributed by atoms with Gasteiger partial charge in [-0.1, -0.05) is 12.1 Å². The highest BCUT2D eigenvalue weighted by molar-refractivity contribution is 7.98. The lowest BCUT2D eigenvalue weighted by molar-refractivity contribution is 0.0927. The first-order valence-corrected chi connectivity index (χ1v) is 6.53. The Labute approximate surface area is 109 Å². The number of rotatable bonds is 4. The maximum atomic E-state index is 11.5. The van der Waals surface area contributed by atoms with Crippen molar-refractivity contribution in [1.82, 2.24) is 5.43 Å². The van der Waals surface area contributed by atoms with Gasteiger partial charge in [-0.3, -0.25) is 4.79 Å². The van der Waals surface area contributed by atoms with E-state index in [0.29, 0.717) is 0 Å². The third kappa shape index (κ3) is 3.24. The number of furan rings is 1. The highest BCUT2D eigenvalue weighted by Crippen LogP contribution is 2.13. The fraction of sp³-hybridized carbons (Fsp3) is 0.0769. The van der Waals surface area contributed by atoms with E-state index >= 15 is 0 Å². The molecular formula is C13H12N2O2S. The molecule has 0 radical (unpaired) electrons. The second kappa shape index (κ2) is 6.07. The molecule has 18 heavy (non-hydrogen) atoms. The van der Waals surface area contributed by atoms with Crippen molar-refractivity contribution in [1.29, 1.82) is 0 Å². The van der Waals surface area contributed by atoms with Crippen LogP contribution in [-0.2, 0) is 0 Å². The summed E-state index contributed by atoms with van der Waals surface area (Å²) in [6.07, 6.45) is 5.05. The van der Waals surface area contributed by atoms with Crippen LogP contribution in [0.4, 0.5) is 0 Å². The summed E-state index contributed by atoms with van der Waals surface area (Å²) in [5, 5.41) is 3.86. The van der Waals surface area contributed by atoms with Crippen molar-refractivity contribution in [3.05, 3.63) is 54.0 Å².